The van der Waals surface area contributed by atoms with Gasteiger partial charge in [-0.1, -0.05) is 60.7 Å². The second-order valence-electron chi connectivity index (χ2n) is 5.74. The highest BCUT2D eigenvalue weighted by Crippen LogP contribution is 2.21. The Morgan fingerprint density at radius 1 is 0.655 bits per heavy atom. The van der Waals surface area contributed by atoms with Crippen molar-refractivity contribution in [1.82, 2.24) is 0 Å². The van der Waals surface area contributed by atoms with Crippen LogP contribution < -0.4 is 0 Å². The first-order chi connectivity index (χ1) is 13.9. The van der Waals surface area contributed by atoms with E-state index in [-0.39, 0.29) is 11.3 Å². The summed E-state index contributed by atoms with van der Waals surface area (Å²) in [4.78, 5) is 12.8. The number of halogens is 5. The summed E-state index contributed by atoms with van der Waals surface area (Å²) in [5.41, 5.74) is -0.793. The summed E-state index contributed by atoms with van der Waals surface area (Å²) in [6.45, 7) is 0. The minimum Gasteiger partial charge on any atom is -0.287 e. The summed E-state index contributed by atoms with van der Waals surface area (Å²) in [6, 6.07) is 16.1. The van der Waals surface area contributed by atoms with Crippen LogP contribution in [0.1, 0.15) is 21.5 Å². The lowest BCUT2D eigenvalue weighted by Gasteiger charge is -2.05. The van der Waals surface area contributed by atoms with Gasteiger partial charge in [0.25, 0.3) is 0 Å². The highest BCUT2D eigenvalue weighted by molar-refractivity contribution is 6.51. The number of carbonyl (C=O) groups excluding carboxylic acids is 1. The van der Waals surface area contributed by atoms with Crippen LogP contribution in [0.2, 0.25) is 0 Å². The Morgan fingerprint density at radius 2 is 1.10 bits per heavy atom. The van der Waals surface area contributed by atoms with Crippen LogP contribution in [-0.2, 0) is 0 Å². The van der Waals surface area contributed by atoms with Crippen LogP contribution in [-0.4, -0.2) is 17.7 Å². The van der Waals surface area contributed by atoms with E-state index in [1.54, 1.807) is 48.5 Å². The van der Waals surface area contributed by atoms with Crippen LogP contribution in [0, 0.1) is 29.1 Å². The summed E-state index contributed by atoms with van der Waals surface area (Å²) in [7, 11) is 0. The molecule has 29 heavy (non-hydrogen) atoms. The Balaban J connectivity index is 2.06. The van der Waals surface area contributed by atoms with E-state index in [9.17, 15) is 26.7 Å². The minimum atomic E-state index is -2.27. The van der Waals surface area contributed by atoms with Crippen molar-refractivity contribution >= 4 is 17.7 Å². The second-order valence-corrected chi connectivity index (χ2v) is 5.74. The van der Waals surface area contributed by atoms with E-state index in [0.29, 0.717) is 11.8 Å². The van der Waals surface area contributed by atoms with Gasteiger partial charge in [0.15, 0.2) is 23.3 Å². The summed E-state index contributed by atoms with van der Waals surface area (Å²) >= 11 is 0. The quantitative estimate of drug-likeness (QED) is 0.146. The highest BCUT2D eigenvalue weighted by Gasteiger charge is 2.24. The molecule has 3 aromatic rings. The SMILES string of the molecule is O=C(/C(=N\N=C/c1c(F)c(F)c(F)c(F)c1F)c1ccccc1)c1ccccc1. The number of Topliss-reactive ketones (excluding diaryl/α,β-unsaturated/α-hetero) is 1. The van der Waals surface area contributed by atoms with Gasteiger partial charge in [-0.25, -0.2) is 22.0 Å². The molecule has 8 heteroatoms. The topological polar surface area (TPSA) is 41.8 Å². The van der Waals surface area contributed by atoms with Gasteiger partial charge in [-0.15, -0.1) is 5.10 Å². The number of ketones is 1. The Morgan fingerprint density at radius 3 is 1.62 bits per heavy atom. The third-order valence-electron chi connectivity index (χ3n) is 3.89. The summed E-state index contributed by atoms with van der Waals surface area (Å²) in [6.07, 6.45) is 0.373. The molecule has 3 nitrogen and oxygen atoms in total. The van der Waals surface area contributed by atoms with E-state index >= 15 is 0 Å². The molecule has 146 valence electrons. The number of nitrogens with zero attached hydrogens (tertiary/aromatic N) is 2. The van der Waals surface area contributed by atoms with Crippen molar-refractivity contribution < 1.29 is 26.7 Å². The van der Waals surface area contributed by atoms with Crippen molar-refractivity contribution in [3.05, 3.63) is 106 Å². The molecule has 0 saturated carbocycles. The predicted octanol–water partition coefficient (Wildman–Crippen LogP) is 5.09. The molecule has 3 rings (SSSR count). The average molecular weight is 402 g/mol. The zero-order valence-electron chi connectivity index (χ0n) is 14.5. The molecule has 0 N–H and O–H groups in total. The number of rotatable bonds is 5. The zero-order chi connectivity index (χ0) is 21.0. The fourth-order valence-corrected chi connectivity index (χ4v) is 2.44. The maximum atomic E-state index is 13.7. The first kappa shape index (κ1) is 20.1. The van der Waals surface area contributed by atoms with E-state index in [2.05, 4.69) is 10.2 Å². The van der Waals surface area contributed by atoms with Crippen molar-refractivity contribution in [2.24, 2.45) is 10.2 Å². The Labute approximate surface area is 161 Å². The first-order valence-corrected chi connectivity index (χ1v) is 8.19. The van der Waals surface area contributed by atoms with Gasteiger partial charge in [0.05, 0.1) is 11.8 Å². The van der Waals surface area contributed by atoms with E-state index in [1.807, 2.05) is 0 Å². The van der Waals surface area contributed by atoms with E-state index in [1.165, 1.54) is 12.1 Å². The van der Waals surface area contributed by atoms with Gasteiger partial charge in [0, 0.05) is 11.1 Å². The smallest absolute Gasteiger partial charge is 0.213 e. The minimum absolute atomic E-state index is 0.170. The Bertz CT molecular complexity index is 1080. The largest absolute Gasteiger partial charge is 0.287 e. The molecule has 0 saturated heterocycles. The summed E-state index contributed by atoms with van der Waals surface area (Å²) in [5.74, 6) is -11.1. The number of hydrogen-bond donors (Lipinski definition) is 0. The van der Waals surface area contributed by atoms with Gasteiger partial charge in [-0.3, -0.25) is 4.79 Å². The molecule has 0 bridgehead atoms. The van der Waals surface area contributed by atoms with E-state index in [0.717, 1.165) is 0 Å². The molecule has 0 unspecified atom stereocenters. The fourth-order valence-electron chi connectivity index (χ4n) is 2.44. The number of benzene rings is 3. The molecule has 0 radical (unpaired) electrons. The molecule has 0 aliphatic rings. The van der Waals surface area contributed by atoms with E-state index < -0.39 is 40.4 Å². The molecule has 0 aliphatic carbocycles. The van der Waals surface area contributed by atoms with Crippen molar-refractivity contribution in [3.8, 4) is 0 Å². The molecule has 0 aromatic heterocycles. The number of hydrogen-bond acceptors (Lipinski definition) is 3. The van der Waals surface area contributed by atoms with Crippen LogP contribution in [0.4, 0.5) is 22.0 Å². The molecular formula is C21H11F5N2O. The van der Waals surface area contributed by atoms with Crippen LogP contribution in [0.25, 0.3) is 0 Å². The van der Waals surface area contributed by atoms with E-state index in [4.69, 9.17) is 0 Å². The highest BCUT2D eigenvalue weighted by atomic mass is 19.2. The fraction of sp³-hybridized carbons (Fsp3) is 0. The van der Waals surface area contributed by atoms with Gasteiger partial charge in [0.2, 0.25) is 11.6 Å². The van der Waals surface area contributed by atoms with Crippen LogP contribution in [0.5, 0.6) is 0 Å². The lowest BCUT2D eigenvalue weighted by Crippen LogP contribution is -2.15. The van der Waals surface area contributed by atoms with Gasteiger partial charge < -0.3 is 0 Å². The second kappa shape index (κ2) is 8.55. The van der Waals surface area contributed by atoms with Gasteiger partial charge in [-0.2, -0.15) is 5.10 Å². The lowest BCUT2D eigenvalue weighted by atomic mass is 10.0. The summed E-state index contributed by atoms with van der Waals surface area (Å²) < 4.78 is 67.2. The van der Waals surface area contributed by atoms with Crippen LogP contribution >= 0.6 is 0 Å². The normalized spacial score (nSPS) is 11.8. The molecule has 0 heterocycles. The standard InChI is InChI=1S/C21H11F5N2O/c22-15-14(16(23)18(25)19(26)17(15)24)11-27-28-20(12-7-3-1-4-8-12)21(29)13-9-5-2-6-10-13/h1-11H/b27-11-,28-20-. The first-order valence-electron chi connectivity index (χ1n) is 8.19. The van der Waals surface area contributed by atoms with Crippen molar-refractivity contribution in [1.29, 1.82) is 0 Å². The zero-order valence-corrected chi connectivity index (χ0v) is 14.5. The van der Waals surface area contributed by atoms with Gasteiger partial charge in [0.1, 0.15) is 5.71 Å². The molecule has 0 spiro atoms. The predicted molar refractivity (Wildman–Crippen MR) is 97.6 cm³/mol. The average Bonchev–Trinajstić information content (AvgIpc) is 2.76. The lowest BCUT2D eigenvalue weighted by molar-refractivity contribution is 0.106. The monoisotopic (exact) mass is 402 g/mol. The van der Waals surface area contributed by atoms with Gasteiger partial charge >= 0.3 is 0 Å². The molecule has 3 aromatic carbocycles. The Kier molecular flexibility index (Phi) is 5.92. The van der Waals surface area contributed by atoms with Crippen molar-refractivity contribution in [2.45, 2.75) is 0 Å². The molecule has 0 fully saturated rings. The molecular weight excluding hydrogens is 391 g/mol. The van der Waals surface area contributed by atoms with Gasteiger partial charge in [-0.05, 0) is 0 Å². The summed E-state index contributed by atoms with van der Waals surface area (Å²) in [5, 5.41) is 7.10. The van der Waals surface area contributed by atoms with Crippen molar-refractivity contribution in [3.63, 3.8) is 0 Å². The molecule has 0 atom stereocenters. The van der Waals surface area contributed by atoms with Crippen LogP contribution in [0.3, 0.4) is 0 Å². The third-order valence-corrected chi connectivity index (χ3v) is 3.89. The number of carbonyl (C=O) groups is 1. The third kappa shape index (κ3) is 4.11. The maximum absolute atomic E-state index is 13.7. The molecule has 0 amide bonds. The molecule has 0 aliphatic heterocycles. The maximum Gasteiger partial charge on any atom is 0.213 e. The van der Waals surface area contributed by atoms with Crippen LogP contribution in [0.15, 0.2) is 70.9 Å². The van der Waals surface area contributed by atoms with Crippen molar-refractivity contribution in [2.75, 3.05) is 0 Å². The Hall–Kier alpha value is -3.68.